The molecule has 172 valence electrons. The number of aromatic nitrogens is 2. The minimum Gasteiger partial charge on any atom is -0.459 e. The van der Waals surface area contributed by atoms with E-state index in [9.17, 15) is 14.4 Å². The van der Waals surface area contributed by atoms with Gasteiger partial charge in [-0.3, -0.25) is 29.3 Å². The summed E-state index contributed by atoms with van der Waals surface area (Å²) in [6.45, 7) is 7.63. The number of nitrogens with zero attached hydrogens (tertiary/aromatic N) is 3. The minimum atomic E-state index is -0.467. The van der Waals surface area contributed by atoms with Crippen molar-refractivity contribution in [2.45, 2.75) is 63.9 Å². The number of fused-ring (bicyclic) bond motifs is 1. The standard InChI is InChI=1S/C24H32N4O4/c1-24(2,3)32-20(30)14-28-12-10-15(11-13-28)16-6-5-7-17-21(26-27(4)22(16)17)18-8-9-19(29)25-23(18)31/h5-7,15,18H,8-14H2,1-4H3,(H,25,29,31). The first-order valence-electron chi connectivity index (χ1n) is 11.4. The number of benzene rings is 1. The van der Waals surface area contributed by atoms with Crippen molar-refractivity contribution in [1.82, 2.24) is 20.0 Å². The molecule has 2 aromatic rings. The molecule has 0 radical (unpaired) electrons. The minimum absolute atomic E-state index is 0.182. The largest absolute Gasteiger partial charge is 0.459 e. The number of nitrogens with one attached hydrogen (secondary N) is 1. The summed E-state index contributed by atoms with van der Waals surface area (Å²) in [6.07, 6.45) is 2.72. The topological polar surface area (TPSA) is 93.5 Å². The van der Waals surface area contributed by atoms with Gasteiger partial charge < -0.3 is 4.74 Å². The van der Waals surface area contributed by atoms with E-state index in [2.05, 4.69) is 16.3 Å². The fourth-order valence-corrected chi connectivity index (χ4v) is 4.89. The predicted octanol–water partition coefficient (Wildman–Crippen LogP) is 2.61. The molecule has 2 amide bonds. The van der Waals surface area contributed by atoms with Gasteiger partial charge in [0.15, 0.2) is 0 Å². The van der Waals surface area contributed by atoms with E-state index in [0.29, 0.717) is 25.3 Å². The Morgan fingerprint density at radius 2 is 1.91 bits per heavy atom. The zero-order chi connectivity index (χ0) is 23.0. The molecule has 8 heteroatoms. The molecule has 2 fully saturated rings. The SMILES string of the molecule is Cn1nc(C2CCC(=O)NC2=O)c2cccc(C3CCN(CC(=O)OC(C)(C)C)CC3)c21. The molecule has 0 aliphatic carbocycles. The summed E-state index contributed by atoms with van der Waals surface area (Å²) in [7, 11) is 1.92. The van der Waals surface area contributed by atoms with Crippen molar-refractivity contribution in [3.05, 3.63) is 29.5 Å². The molecule has 0 bridgehead atoms. The molecule has 32 heavy (non-hydrogen) atoms. The monoisotopic (exact) mass is 440 g/mol. The zero-order valence-corrected chi connectivity index (χ0v) is 19.3. The summed E-state index contributed by atoms with van der Waals surface area (Å²) in [6, 6.07) is 6.19. The third-order valence-corrected chi connectivity index (χ3v) is 6.29. The maximum atomic E-state index is 12.4. The highest BCUT2D eigenvalue weighted by atomic mass is 16.6. The molecule has 0 saturated carbocycles. The average Bonchev–Trinajstić information content (AvgIpc) is 3.04. The highest BCUT2D eigenvalue weighted by Crippen LogP contribution is 2.37. The quantitative estimate of drug-likeness (QED) is 0.580. The molecule has 1 atom stereocenters. The van der Waals surface area contributed by atoms with E-state index < -0.39 is 11.5 Å². The van der Waals surface area contributed by atoms with Crippen molar-refractivity contribution in [3.63, 3.8) is 0 Å². The van der Waals surface area contributed by atoms with Gasteiger partial charge in [-0.25, -0.2) is 0 Å². The van der Waals surface area contributed by atoms with Crippen molar-refractivity contribution in [1.29, 1.82) is 0 Å². The van der Waals surface area contributed by atoms with E-state index >= 15 is 0 Å². The molecule has 1 aromatic heterocycles. The van der Waals surface area contributed by atoms with E-state index in [0.717, 1.165) is 42.5 Å². The number of amides is 2. The van der Waals surface area contributed by atoms with Gasteiger partial charge >= 0.3 is 5.97 Å². The van der Waals surface area contributed by atoms with Gasteiger partial charge in [-0.05, 0) is 64.6 Å². The second-order valence-electron chi connectivity index (χ2n) is 9.89. The van der Waals surface area contributed by atoms with Gasteiger partial charge in [-0.1, -0.05) is 18.2 Å². The summed E-state index contributed by atoms with van der Waals surface area (Å²) in [5, 5.41) is 8.13. The molecule has 0 spiro atoms. The molecule has 1 N–H and O–H groups in total. The van der Waals surface area contributed by atoms with E-state index in [1.54, 1.807) is 0 Å². The van der Waals surface area contributed by atoms with Crippen molar-refractivity contribution >= 4 is 28.7 Å². The van der Waals surface area contributed by atoms with Crippen molar-refractivity contribution in [2.75, 3.05) is 19.6 Å². The molecule has 2 aliphatic rings. The summed E-state index contributed by atoms with van der Waals surface area (Å²) in [5.74, 6) is -0.702. The number of likely N-dealkylation sites (tertiary alicyclic amines) is 1. The average molecular weight is 441 g/mol. The number of carbonyl (C=O) groups excluding carboxylic acids is 3. The van der Waals surface area contributed by atoms with E-state index in [4.69, 9.17) is 9.84 Å². The smallest absolute Gasteiger partial charge is 0.320 e. The van der Waals surface area contributed by atoms with Gasteiger partial charge in [-0.15, -0.1) is 0 Å². The molecule has 2 aliphatic heterocycles. The Hall–Kier alpha value is -2.74. The van der Waals surface area contributed by atoms with Gasteiger partial charge in [0, 0.05) is 18.9 Å². The fourth-order valence-electron chi connectivity index (χ4n) is 4.89. The second-order valence-corrected chi connectivity index (χ2v) is 9.89. The molecular formula is C24H32N4O4. The number of esters is 1. The normalized spacial score (nSPS) is 21.1. The summed E-state index contributed by atoms with van der Waals surface area (Å²) < 4.78 is 7.33. The molecule has 8 nitrogen and oxygen atoms in total. The lowest BCUT2D eigenvalue weighted by molar-refractivity contribution is -0.156. The Labute approximate surface area is 188 Å². The number of hydrogen-bond acceptors (Lipinski definition) is 6. The Morgan fingerprint density at radius 1 is 1.19 bits per heavy atom. The number of ether oxygens (including phenoxy) is 1. The first kappa shape index (κ1) is 22.5. The Kier molecular flexibility index (Phi) is 6.07. The van der Waals surface area contributed by atoms with Crippen LogP contribution in [0.5, 0.6) is 0 Å². The van der Waals surface area contributed by atoms with Crippen LogP contribution in [0.3, 0.4) is 0 Å². The van der Waals surface area contributed by atoms with Gasteiger partial charge in [0.25, 0.3) is 0 Å². The van der Waals surface area contributed by atoms with Crippen molar-refractivity contribution in [2.24, 2.45) is 7.05 Å². The van der Waals surface area contributed by atoms with Crippen LogP contribution in [0, 0.1) is 0 Å². The first-order chi connectivity index (χ1) is 15.1. The van der Waals surface area contributed by atoms with Crippen LogP contribution in [0.1, 0.15) is 69.5 Å². The second kappa shape index (κ2) is 8.65. The lowest BCUT2D eigenvalue weighted by Gasteiger charge is -2.32. The summed E-state index contributed by atoms with van der Waals surface area (Å²) >= 11 is 0. The Balaban J connectivity index is 1.50. The molecule has 1 aromatic carbocycles. The maximum absolute atomic E-state index is 12.4. The third kappa shape index (κ3) is 4.70. The molecule has 1 unspecified atom stereocenters. The van der Waals surface area contributed by atoms with Crippen molar-refractivity contribution < 1.29 is 19.1 Å². The third-order valence-electron chi connectivity index (χ3n) is 6.29. The Morgan fingerprint density at radius 3 is 2.56 bits per heavy atom. The van der Waals surface area contributed by atoms with Crippen LogP contribution in [-0.4, -0.2) is 57.7 Å². The van der Waals surface area contributed by atoms with Crippen LogP contribution in [0.2, 0.25) is 0 Å². The van der Waals surface area contributed by atoms with Crippen LogP contribution in [-0.2, 0) is 26.2 Å². The zero-order valence-electron chi connectivity index (χ0n) is 19.3. The summed E-state index contributed by atoms with van der Waals surface area (Å²) in [4.78, 5) is 38.3. The number of para-hydroxylation sites is 1. The first-order valence-corrected chi connectivity index (χ1v) is 11.4. The number of rotatable bonds is 4. The van der Waals surface area contributed by atoms with E-state index in [1.165, 1.54) is 5.56 Å². The molecule has 3 heterocycles. The molecular weight excluding hydrogens is 408 g/mol. The van der Waals surface area contributed by atoms with Gasteiger partial charge in [0.05, 0.1) is 23.7 Å². The number of hydrogen-bond donors (Lipinski definition) is 1. The van der Waals surface area contributed by atoms with E-state index in [1.807, 2.05) is 44.6 Å². The lowest BCUT2D eigenvalue weighted by Crippen LogP contribution is -2.39. The summed E-state index contributed by atoms with van der Waals surface area (Å²) in [5.41, 5.74) is 2.56. The van der Waals surface area contributed by atoms with Gasteiger partial charge in [0.2, 0.25) is 11.8 Å². The van der Waals surface area contributed by atoms with Crippen LogP contribution in [0.15, 0.2) is 18.2 Å². The van der Waals surface area contributed by atoms with Crippen LogP contribution in [0.4, 0.5) is 0 Å². The molecule has 4 rings (SSSR count). The highest BCUT2D eigenvalue weighted by Gasteiger charge is 2.33. The Bertz CT molecular complexity index is 1040. The predicted molar refractivity (Wildman–Crippen MR) is 120 cm³/mol. The van der Waals surface area contributed by atoms with Gasteiger partial charge in [-0.2, -0.15) is 5.10 Å². The van der Waals surface area contributed by atoms with Crippen LogP contribution < -0.4 is 5.32 Å². The van der Waals surface area contributed by atoms with Crippen LogP contribution in [0.25, 0.3) is 10.9 Å². The number of imide groups is 1. The maximum Gasteiger partial charge on any atom is 0.320 e. The number of carbonyl (C=O) groups is 3. The number of piperidine rings is 2. The van der Waals surface area contributed by atoms with E-state index in [-0.39, 0.29) is 17.8 Å². The van der Waals surface area contributed by atoms with Crippen LogP contribution >= 0.6 is 0 Å². The number of aryl methyl sites for hydroxylation is 1. The van der Waals surface area contributed by atoms with Crippen molar-refractivity contribution in [3.8, 4) is 0 Å². The highest BCUT2D eigenvalue weighted by molar-refractivity contribution is 6.02. The lowest BCUT2D eigenvalue weighted by atomic mass is 9.86. The fraction of sp³-hybridized carbons (Fsp3) is 0.583. The molecule has 2 saturated heterocycles. The van der Waals surface area contributed by atoms with Gasteiger partial charge in [0.1, 0.15) is 5.60 Å².